The van der Waals surface area contributed by atoms with Crippen LogP contribution in [0.1, 0.15) is 115 Å². The van der Waals surface area contributed by atoms with Gasteiger partial charge in [-0.25, -0.2) is 0 Å². The second-order valence-corrected chi connectivity index (χ2v) is 14.9. The highest BCUT2D eigenvalue weighted by Crippen LogP contribution is 2.41. The molecule has 2 N–H and O–H groups in total. The van der Waals surface area contributed by atoms with Crippen LogP contribution in [0.2, 0.25) is 0 Å². The molecule has 1 aliphatic heterocycles. The lowest BCUT2D eigenvalue weighted by Gasteiger charge is -2.25. The molecule has 5 atom stereocenters. The summed E-state index contributed by atoms with van der Waals surface area (Å²) in [5.74, 6) is 3.98. The lowest BCUT2D eigenvalue weighted by atomic mass is 9.89. The number of ether oxygens (including phenoxy) is 1. The van der Waals surface area contributed by atoms with Gasteiger partial charge in [-0.3, -0.25) is 9.78 Å². The van der Waals surface area contributed by atoms with Gasteiger partial charge in [0.2, 0.25) is 0 Å². The highest BCUT2D eigenvalue weighted by molar-refractivity contribution is 6.04. The summed E-state index contributed by atoms with van der Waals surface area (Å²) in [4.78, 5) is 20.1. The molecule has 0 saturated heterocycles. The number of fused-ring (bicyclic) bond motifs is 1. The number of nitrogens with one attached hydrogen (secondary N) is 2. The van der Waals surface area contributed by atoms with E-state index in [4.69, 9.17) is 9.72 Å². The molecule has 4 rings (SSSR count). The van der Waals surface area contributed by atoms with Crippen molar-refractivity contribution in [2.75, 3.05) is 29.9 Å². The van der Waals surface area contributed by atoms with Gasteiger partial charge in [0, 0.05) is 41.9 Å². The van der Waals surface area contributed by atoms with Crippen molar-refractivity contribution in [1.29, 1.82) is 0 Å². The maximum Gasteiger partial charge on any atom is 0.185 e. The maximum atomic E-state index is 12.8. The normalized spacial score (nSPS) is 20.1. The molecule has 1 saturated carbocycles. The lowest BCUT2D eigenvalue weighted by Crippen LogP contribution is -2.29. The number of hydrogen-bond acceptors (Lipinski definition) is 6. The van der Waals surface area contributed by atoms with Crippen LogP contribution in [0, 0.1) is 36.5 Å². The van der Waals surface area contributed by atoms with Gasteiger partial charge in [0.05, 0.1) is 23.7 Å². The number of aromatic nitrogens is 1. The lowest BCUT2D eigenvalue weighted by molar-refractivity contribution is 0.104. The fraction of sp³-hybridized carbons (Fsp3) is 0.535. The number of rotatable bonds is 17. The highest BCUT2D eigenvalue weighted by atomic mass is 16.5. The molecule has 1 aliphatic carbocycles. The minimum atomic E-state index is 0.00704. The first-order valence-electron chi connectivity index (χ1n) is 18.8. The van der Waals surface area contributed by atoms with E-state index in [2.05, 4.69) is 101 Å². The van der Waals surface area contributed by atoms with Crippen molar-refractivity contribution in [3.05, 3.63) is 89.2 Å². The van der Waals surface area contributed by atoms with Crippen LogP contribution < -0.4 is 15.5 Å². The zero-order valence-corrected chi connectivity index (χ0v) is 31.7. The predicted molar refractivity (Wildman–Crippen MR) is 209 cm³/mol. The smallest absolute Gasteiger partial charge is 0.185 e. The third kappa shape index (κ3) is 10.2. The summed E-state index contributed by atoms with van der Waals surface area (Å²) in [6, 6.07) is 11.1. The number of benzene rings is 1. The van der Waals surface area contributed by atoms with Gasteiger partial charge in [0.1, 0.15) is 11.6 Å². The fourth-order valence-electron chi connectivity index (χ4n) is 6.97. The number of ketones is 1. The van der Waals surface area contributed by atoms with Crippen LogP contribution in [0.3, 0.4) is 0 Å². The van der Waals surface area contributed by atoms with Crippen molar-refractivity contribution in [3.63, 3.8) is 0 Å². The zero-order valence-electron chi connectivity index (χ0n) is 31.7. The average Bonchev–Trinajstić information content (AvgIpc) is 3.66. The Morgan fingerprint density at radius 3 is 2.55 bits per heavy atom. The van der Waals surface area contributed by atoms with Gasteiger partial charge in [-0.2, -0.15) is 0 Å². The number of aryl methyl sites for hydroxylation is 1. The molecule has 1 aromatic heterocycles. The third-order valence-corrected chi connectivity index (χ3v) is 10.2. The largest absolute Gasteiger partial charge is 0.497 e. The van der Waals surface area contributed by atoms with E-state index in [1.807, 2.05) is 26.0 Å². The third-order valence-electron chi connectivity index (χ3n) is 10.2. The Bertz CT molecular complexity index is 1540. The van der Waals surface area contributed by atoms with Crippen molar-refractivity contribution in [2.24, 2.45) is 29.6 Å². The number of pyridine rings is 1. The molecular weight excluding hydrogens is 604 g/mol. The van der Waals surface area contributed by atoms with Gasteiger partial charge in [0.15, 0.2) is 5.78 Å². The zero-order chi connectivity index (χ0) is 35.7. The summed E-state index contributed by atoms with van der Waals surface area (Å²) < 4.78 is 6.79. The number of nitrogens with zero attached hydrogens (tertiary/aromatic N) is 2. The van der Waals surface area contributed by atoms with Crippen molar-refractivity contribution >= 4 is 28.8 Å². The van der Waals surface area contributed by atoms with Gasteiger partial charge >= 0.3 is 0 Å². The Kier molecular flexibility index (Phi) is 13.9. The number of allylic oxidation sites excluding steroid dienone is 4. The summed E-state index contributed by atoms with van der Waals surface area (Å²) in [6.45, 7) is 26.4. The monoisotopic (exact) mass is 666 g/mol. The summed E-state index contributed by atoms with van der Waals surface area (Å²) in [5.41, 5.74) is 7.09. The van der Waals surface area contributed by atoms with E-state index in [0.717, 1.165) is 73.0 Å². The second kappa shape index (κ2) is 17.8. The van der Waals surface area contributed by atoms with E-state index < -0.39 is 0 Å². The van der Waals surface area contributed by atoms with Crippen LogP contribution in [-0.2, 0) is 4.74 Å². The fourth-order valence-corrected chi connectivity index (χ4v) is 6.97. The molecule has 0 bridgehead atoms. The van der Waals surface area contributed by atoms with E-state index in [1.54, 1.807) is 12.2 Å². The number of carbonyl (C=O) groups excluding carboxylic acids is 1. The first-order valence-corrected chi connectivity index (χ1v) is 18.8. The van der Waals surface area contributed by atoms with Gasteiger partial charge in [0.25, 0.3) is 0 Å². The summed E-state index contributed by atoms with van der Waals surface area (Å²) in [5, 5.41) is 7.13. The average molecular weight is 667 g/mol. The molecule has 1 fully saturated rings. The Morgan fingerprint density at radius 2 is 1.86 bits per heavy atom. The first-order chi connectivity index (χ1) is 23.4. The molecule has 2 aliphatic rings. The molecule has 2 heterocycles. The summed E-state index contributed by atoms with van der Waals surface area (Å²) in [6.07, 6.45) is 13.6. The van der Waals surface area contributed by atoms with E-state index in [1.165, 1.54) is 17.7 Å². The van der Waals surface area contributed by atoms with E-state index in [9.17, 15) is 4.79 Å². The van der Waals surface area contributed by atoms with Gasteiger partial charge in [-0.1, -0.05) is 72.4 Å². The van der Waals surface area contributed by atoms with Crippen LogP contribution in [0.4, 0.5) is 11.4 Å². The van der Waals surface area contributed by atoms with Gasteiger partial charge in [-0.05, 0) is 112 Å². The molecular formula is C43H62N4O2. The Morgan fingerprint density at radius 1 is 1.10 bits per heavy atom. The van der Waals surface area contributed by atoms with Crippen LogP contribution in [-0.4, -0.2) is 36.5 Å². The number of carbonyl (C=O) groups is 1. The quantitative estimate of drug-likeness (QED) is 0.0995. The minimum Gasteiger partial charge on any atom is -0.497 e. The van der Waals surface area contributed by atoms with Gasteiger partial charge in [-0.15, -0.1) is 0 Å². The maximum absolute atomic E-state index is 12.8. The molecule has 266 valence electrons. The Hall–Kier alpha value is -3.64. The van der Waals surface area contributed by atoms with Crippen molar-refractivity contribution in [1.82, 2.24) is 10.3 Å². The molecule has 1 aromatic carbocycles. The SMILES string of the molecule is C=C1Nc2ccc(/C=C/[C@@H](C)CN[C@@H](C)CC)cc2N1C[C@@H]1CC[C@H](CO/C(=C(\c2cc(C(=O)/C=C/C)cc(C)n2)C(C)CC)C(C)C)C1. The summed E-state index contributed by atoms with van der Waals surface area (Å²) >= 11 is 0. The minimum absolute atomic E-state index is 0.00704. The number of hydrogen-bond donors (Lipinski definition) is 2. The van der Waals surface area contributed by atoms with Crippen molar-refractivity contribution < 1.29 is 9.53 Å². The van der Waals surface area contributed by atoms with E-state index in [0.29, 0.717) is 36.0 Å². The predicted octanol–water partition coefficient (Wildman–Crippen LogP) is 10.4. The molecule has 2 aromatic rings. The topological polar surface area (TPSA) is 66.5 Å². The molecule has 1 unspecified atom stereocenters. The Balaban J connectivity index is 1.44. The van der Waals surface area contributed by atoms with Crippen LogP contribution >= 0.6 is 0 Å². The first kappa shape index (κ1) is 38.2. The van der Waals surface area contributed by atoms with Crippen LogP contribution in [0.15, 0.2) is 66.7 Å². The molecule has 6 heteroatoms. The number of anilines is 2. The Labute approximate surface area is 297 Å². The molecule has 0 amide bonds. The van der Waals surface area contributed by atoms with Crippen LogP contribution in [0.25, 0.3) is 11.6 Å². The van der Waals surface area contributed by atoms with Crippen molar-refractivity contribution in [3.8, 4) is 0 Å². The molecule has 6 nitrogen and oxygen atoms in total. The van der Waals surface area contributed by atoms with E-state index >= 15 is 0 Å². The second-order valence-electron chi connectivity index (χ2n) is 14.9. The van der Waals surface area contributed by atoms with Crippen LogP contribution in [0.5, 0.6) is 0 Å². The van der Waals surface area contributed by atoms with Gasteiger partial charge < -0.3 is 20.3 Å². The molecule has 49 heavy (non-hydrogen) atoms. The standard InChI is InChI=1S/C43H62N4O2/c1-11-14-41(48)37-21-32(9)45-39(24-37)42(30(7)12-2)43(28(4)5)49-27-36-18-17-35(22-36)26-47-33(10)46-38-20-19-34(23-40(38)47)16-15-29(6)25-44-31(8)13-3/h11,14-16,19-21,23-24,28-31,35-36,44,46H,10,12-13,17-18,22,25-27H2,1-9H3/b14-11+,16-15+,43-42-/t29-,30?,31+,35-,36+/m1/s1. The molecule has 0 spiro atoms. The summed E-state index contributed by atoms with van der Waals surface area (Å²) in [7, 11) is 0. The molecule has 0 radical (unpaired) electrons. The van der Waals surface area contributed by atoms with E-state index in [-0.39, 0.29) is 17.6 Å². The van der Waals surface area contributed by atoms with Crippen molar-refractivity contribution in [2.45, 2.75) is 100 Å². The highest BCUT2D eigenvalue weighted by Gasteiger charge is 2.31.